The second kappa shape index (κ2) is 7.43. The van der Waals surface area contributed by atoms with E-state index < -0.39 is 0 Å². The molecule has 3 aromatic rings. The summed E-state index contributed by atoms with van der Waals surface area (Å²) in [6.45, 7) is 6.11. The van der Waals surface area contributed by atoms with Gasteiger partial charge in [-0.15, -0.1) is 0 Å². The van der Waals surface area contributed by atoms with Crippen LogP contribution in [0.2, 0.25) is 0 Å². The molecule has 4 rings (SSSR count). The van der Waals surface area contributed by atoms with Crippen LogP contribution in [-0.4, -0.2) is 28.9 Å². The van der Waals surface area contributed by atoms with Gasteiger partial charge >= 0.3 is 0 Å². The number of hydrogen-bond donors (Lipinski definition) is 0. The van der Waals surface area contributed by atoms with Crippen LogP contribution in [0.4, 0.5) is 0 Å². The van der Waals surface area contributed by atoms with Crippen molar-refractivity contribution in [3.05, 3.63) is 64.6 Å². The van der Waals surface area contributed by atoms with Gasteiger partial charge in [0, 0.05) is 28.5 Å². The van der Waals surface area contributed by atoms with E-state index in [9.17, 15) is 4.79 Å². The van der Waals surface area contributed by atoms with Gasteiger partial charge in [0.2, 0.25) is 0 Å². The zero-order chi connectivity index (χ0) is 19.0. The lowest BCUT2D eigenvalue weighted by Gasteiger charge is -2.35. The maximum Gasteiger partial charge on any atom is 0.254 e. The molecule has 2 atom stereocenters. The normalized spacial score (nSPS) is 20.0. The van der Waals surface area contributed by atoms with Crippen LogP contribution in [-0.2, 0) is 0 Å². The summed E-state index contributed by atoms with van der Waals surface area (Å²) >= 11 is 3.53. The van der Waals surface area contributed by atoms with Crippen LogP contribution < -0.4 is 0 Å². The van der Waals surface area contributed by atoms with Crippen LogP contribution in [0.25, 0.3) is 22.2 Å². The van der Waals surface area contributed by atoms with E-state index in [1.807, 2.05) is 59.5 Å². The first-order valence-corrected chi connectivity index (χ1v) is 10.3. The van der Waals surface area contributed by atoms with E-state index in [1.54, 1.807) is 0 Å². The molecule has 0 saturated carbocycles. The van der Waals surface area contributed by atoms with Crippen molar-refractivity contribution in [1.82, 2.24) is 9.88 Å². The van der Waals surface area contributed by atoms with Gasteiger partial charge < -0.3 is 4.90 Å². The molecule has 1 fully saturated rings. The van der Waals surface area contributed by atoms with Crippen LogP contribution >= 0.6 is 15.9 Å². The second-order valence-corrected chi connectivity index (χ2v) is 8.65. The summed E-state index contributed by atoms with van der Waals surface area (Å²) in [7, 11) is 0. The third-order valence-electron chi connectivity index (χ3n) is 5.22. The number of rotatable bonds is 2. The van der Waals surface area contributed by atoms with Crippen molar-refractivity contribution in [2.75, 3.05) is 13.1 Å². The van der Waals surface area contributed by atoms with E-state index in [-0.39, 0.29) is 5.91 Å². The topological polar surface area (TPSA) is 33.2 Å². The third kappa shape index (κ3) is 3.77. The Morgan fingerprint density at radius 1 is 1.04 bits per heavy atom. The fourth-order valence-corrected chi connectivity index (χ4v) is 4.55. The highest BCUT2D eigenvalue weighted by molar-refractivity contribution is 9.10. The summed E-state index contributed by atoms with van der Waals surface area (Å²) in [5, 5.41) is 0.923. The number of amides is 1. The standard InChI is InChI=1S/C23H23BrN2O/c1-15-10-16(2)14-26(13-15)23(27)20-12-22(17-6-5-7-18(24)11-17)25-21-9-4-3-8-19(20)21/h3-9,11-12,15-16H,10,13-14H2,1-2H3. The number of piperidine rings is 1. The molecule has 2 aromatic carbocycles. The molecule has 4 heteroatoms. The van der Waals surface area contributed by atoms with Crippen LogP contribution in [0, 0.1) is 11.8 Å². The van der Waals surface area contributed by atoms with Crippen molar-refractivity contribution >= 4 is 32.7 Å². The van der Waals surface area contributed by atoms with Gasteiger partial charge in [0.15, 0.2) is 0 Å². The Morgan fingerprint density at radius 2 is 1.78 bits per heavy atom. The smallest absolute Gasteiger partial charge is 0.254 e. The Labute approximate surface area is 168 Å². The lowest BCUT2D eigenvalue weighted by Crippen LogP contribution is -2.42. The van der Waals surface area contributed by atoms with Crippen LogP contribution in [0.1, 0.15) is 30.6 Å². The predicted octanol–water partition coefficient (Wildman–Crippen LogP) is 5.78. The lowest BCUT2D eigenvalue weighted by molar-refractivity contribution is 0.0625. The Balaban J connectivity index is 1.82. The number of fused-ring (bicyclic) bond motifs is 1. The van der Waals surface area contributed by atoms with Gasteiger partial charge in [0.25, 0.3) is 5.91 Å². The summed E-state index contributed by atoms with van der Waals surface area (Å²) in [4.78, 5) is 20.3. The fraction of sp³-hybridized carbons (Fsp3) is 0.304. The fourth-order valence-electron chi connectivity index (χ4n) is 4.15. The SMILES string of the molecule is CC1CC(C)CN(C(=O)c2cc(-c3cccc(Br)c3)nc3ccccc23)C1. The van der Waals surface area contributed by atoms with Crippen molar-refractivity contribution < 1.29 is 4.79 Å². The number of para-hydroxylation sites is 1. The highest BCUT2D eigenvalue weighted by atomic mass is 79.9. The van der Waals surface area contributed by atoms with Gasteiger partial charge in [-0.1, -0.05) is 60.1 Å². The molecular weight excluding hydrogens is 400 g/mol. The zero-order valence-corrected chi connectivity index (χ0v) is 17.2. The monoisotopic (exact) mass is 422 g/mol. The molecule has 3 nitrogen and oxygen atoms in total. The summed E-state index contributed by atoms with van der Waals surface area (Å²) in [5.41, 5.74) is 3.44. The Morgan fingerprint density at radius 3 is 2.52 bits per heavy atom. The molecule has 2 heterocycles. The number of carbonyl (C=O) groups is 1. The van der Waals surface area contributed by atoms with Gasteiger partial charge in [-0.25, -0.2) is 4.98 Å². The van der Waals surface area contributed by atoms with Gasteiger partial charge in [0.05, 0.1) is 16.8 Å². The van der Waals surface area contributed by atoms with Crippen molar-refractivity contribution in [1.29, 1.82) is 0 Å². The molecule has 138 valence electrons. The van der Waals surface area contributed by atoms with Crippen molar-refractivity contribution in [3.63, 3.8) is 0 Å². The van der Waals surface area contributed by atoms with E-state index in [1.165, 1.54) is 6.42 Å². The van der Waals surface area contributed by atoms with Crippen LogP contribution in [0.15, 0.2) is 59.1 Å². The number of benzene rings is 2. The Kier molecular flexibility index (Phi) is 5.00. The average Bonchev–Trinajstić information content (AvgIpc) is 2.66. The average molecular weight is 423 g/mol. The van der Waals surface area contributed by atoms with E-state index in [2.05, 4.69) is 29.8 Å². The maximum atomic E-state index is 13.4. The van der Waals surface area contributed by atoms with E-state index in [0.717, 1.165) is 45.3 Å². The summed E-state index contributed by atoms with van der Waals surface area (Å²) in [6, 6.07) is 17.9. The molecule has 1 saturated heterocycles. The minimum absolute atomic E-state index is 0.114. The van der Waals surface area contributed by atoms with Gasteiger partial charge in [-0.2, -0.15) is 0 Å². The molecule has 1 aliphatic rings. The van der Waals surface area contributed by atoms with Crippen molar-refractivity contribution in [3.8, 4) is 11.3 Å². The number of carbonyl (C=O) groups excluding carboxylic acids is 1. The molecule has 1 aromatic heterocycles. The quantitative estimate of drug-likeness (QED) is 0.523. The number of pyridine rings is 1. The first-order chi connectivity index (χ1) is 13.0. The zero-order valence-electron chi connectivity index (χ0n) is 15.7. The molecule has 1 aliphatic heterocycles. The number of likely N-dealkylation sites (tertiary alicyclic amines) is 1. The second-order valence-electron chi connectivity index (χ2n) is 7.74. The molecule has 0 spiro atoms. The molecule has 0 aliphatic carbocycles. The van der Waals surface area contributed by atoms with Crippen molar-refractivity contribution in [2.45, 2.75) is 20.3 Å². The molecule has 27 heavy (non-hydrogen) atoms. The number of nitrogens with zero attached hydrogens (tertiary/aromatic N) is 2. The Hall–Kier alpha value is -2.20. The molecule has 0 bridgehead atoms. The number of hydrogen-bond acceptors (Lipinski definition) is 2. The summed E-state index contributed by atoms with van der Waals surface area (Å²) in [6.07, 6.45) is 1.18. The van der Waals surface area contributed by atoms with Gasteiger partial charge in [-0.05, 0) is 42.5 Å². The summed E-state index contributed by atoms with van der Waals surface area (Å²) in [5.74, 6) is 1.19. The predicted molar refractivity (Wildman–Crippen MR) is 114 cm³/mol. The van der Waals surface area contributed by atoms with Gasteiger partial charge in [0.1, 0.15) is 0 Å². The van der Waals surface area contributed by atoms with E-state index in [0.29, 0.717) is 11.8 Å². The van der Waals surface area contributed by atoms with E-state index in [4.69, 9.17) is 4.98 Å². The molecular formula is C23H23BrN2O. The van der Waals surface area contributed by atoms with E-state index >= 15 is 0 Å². The lowest BCUT2D eigenvalue weighted by atomic mass is 9.91. The number of aromatic nitrogens is 1. The first-order valence-electron chi connectivity index (χ1n) is 9.46. The number of halogens is 1. The minimum Gasteiger partial charge on any atom is -0.338 e. The van der Waals surface area contributed by atoms with Crippen molar-refractivity contribution in [2.24, 2.45) is 11.8 Å². The van der Waals surface area contributed by atoms with Crippen LogP contribution in [0.5, 0.6) is 0 Å². The first kappa shape index (κ1) is 18.2. The third-order valence-corrected chi connectivity index (χ3v) is 5.72. The highest BCUT2D eigenvalue weighted by Crippen LogP contribution is 2.29. The largest absolute Gasteiger partial charge is 0.338 e. The summed E-state index contributed by atoms with van der Waals surface area (Å²) < 4.78 is 1.00. The molecule has 0 radical (unpaired) electrons. The van der Waals surface area contributed by atoms with Crippen LogP contribution in [0.3, 0.4) is 0 Å². The molecule has 2 unspecified atom stereocenters. The maximum absolute atomic E-state index is 13.4. The Bertz CT molecular complexity index is 991. The minimum atomic E-state index is 0.114. The van der Waals surface area contributed by atoms with Gasteiger partial charge in [-0.3, -0.25) is 4.79 Å². The molecule has 1 amide bonds. The molecule has 0 N–H and O–H groups in total. The highest BCUT2D eigenvalue weighted by Gasteiger charge is 2.27.